The summed E-state index contributed by atoms with van der Waals surface area (Å²) in [6.45, 7) is 1.42. The predicted octanol–water partition coefficient (Wildman–Crippen LogP) is 3.37. The van der Waals surface area contributed by atoms with E-state index >= 15 is 0 Å². The van der Waals surface area contributed by atoms with Gasteiger partial charge in [0.25, 0.3) is 0 Å². The summed E-state index contributed by atoms with van der Waals surface area (Å²) < 4.78 is 0. The second-order valence-corrected chi connectivity index (χ2v) is 6.06. The van der Waals surface area contributed by atoms with Gasteiger partial charge in [-0.25, -0.2) is 9.97 Å². The Morgan fingerprint density at radius 3 is 2.28 bits per heavy atom. The van der Waals surface area contributed by atoms with Crippen molar-refractivity contribution in [2.75, 3.05) is 18.0 Å². The molecule has 1 saturated heterocycles. The smallest absolute Gasteiger partial charge is 0.162 e. The highest BCUT2D eigenvalue weighted by atomic mass is 16.1. The highest BCUT2D eigenvalue weighted by molar-refractivity contribution is 5.81. The SMILES string of the molecule is O=C1CCN(c2cc(-c3ccncc3)nc(-c3ccccc3)n2)CC1. The average molecular weight is 330 g/mol. The Hall–Kier alpha value is -3.08. The van der Waals surface area contributed by atoms with Crippen molar-refractivity contribution in [2.24, 2.45) is 0 Å². The number of ketones is 1. The van der Waals surface area contributed by atoms with E-state index in [0.717, 1.165) is 22.6 Å². The molecule has 0 saturated carbocycles. The molecule has 25 heavy (non-hydrogen) atoms. The highest BCUT2D eigenvalue weighted by Gasteiger charge is 2.19. The molecule has 0 bridgehead atoms. The van der Waals surface area contributed by atoms with Gasteiger partial charge < -0.3 is 4.90 Å². The molecule has 1 aliphatic rings. The number of benzene rings is 1. The van der Waals surface area contributed by atoms with E-state index < -0.39 is 0 Å². The van der Waals surface area contributed by atoms with Gasteiger partial charge in [0, 0.05) is 55.5 Å². The number of Topliss-reactive ketones (excluding diaryl/α,β-unsaturated/α-hetero) is 1. The van der Waals surface area contributed by atoms with Crippen LogP contribution in [0.15, 0.2) is 60.9 Å². The van der Waals surface area contributed by atoms with Crippen LogP contribution in [0.4, 0.5) is 5.82 Å². The van der Waals surface area contributed by atoms with Crippen molar-refractivity contribution in [1.29, 1.82) is 0 Å². The molecule has 3 aromatic rings. The van der Waals surface area contributed by atoms with E-state index in [-0.39, 0.29) is 0 Å². The van der Waals surface area contributed by atoms with Gasteiger partial charge in [0.05, 0.1) is 5.69 Å². The van der Waals surface area contributed by atoms with Crippen LogP contribution in [-0.2, 0) is 4.79 Å². The molecule has 1 aromatic carbocycles. The first-order valence-electron chi connectivity index (χ1n) is 8.41. The van der Waals surface area contributed by atoms with Crippen molar-refractivity contribution in [1.82, 2.24) is 15.0 Å². The molecule has 0 spiro atoms. The molecule has 0 unspecified atom stereocenters. The van der Waals surface area contributed by atoms with Crippen LogP contribution >= 0.6 is 0 Å². The molecular formula is C20H18N4O. The highest BCUT2D eigenvalue weighted by Crippen LogP contribution is 2.26. The van der Waals surface area contributed by atoms with Crippen LogP contribution in [0.1, 0.15) is 12.8 Å². The summed E-state index contributed by atoms with van der Waals surface area (Å²) in [5, 5.41) is 0. The number of hydrogen-bond donors (Lipinski definition) is 0. The number of rotatable bonds is 3. The summed E-state index contributed by atoms with van der Waals surface area (Å²) in [4.78, 5) is 27.3. The summed E-state index contributed by atoms with van der Waals surface area (Å²) >= 11 is 0. The van der Waals surface area contributed by atoms with Gasteiger partial charge >= 0.3 is 0 Å². The lowest BCUT2D eigenvalue weighted by Gasteiger charge is -2.27. The third kappa shape index (κ3) is 3.40. The molecule has 0 radical (unpaired) electrons. The average Bonchev–Trinajstić information content (AvgIpc) is 2.69. The number of piperidine rings is 1. The van der Waals surface area contributed by atoms with Crippen molar-refractivity contribution >= 4 is 11.6 Å². The number of carbonyl (C=O) groups is 1. The summed E-state index contributed by atoms with van der Waals surface area (Å²) in [5.74, 6) is 1.89. The third-order valence-corrected chi connectivity index (χ3v) is 4.37. The van der Waals surface area contributed by atoms with Crippen molar-refractivity contribution in [3.05, 3.63) is 60.9 Å². The second kappa shape index (κ2) is 6.81. The summed E-state index contributed by atoms with van der Waals surface area (Å²) in [6, 6.07) is 15.9. The van der Waals surface area contributed by atoms with Crippen LogP contribution < -0.4 is 4.90 Å². The molecule has 124 valence electrons. The Balaban J connectivity index is 1.79. The maximum absolute atomic E-state index is 11.6. The van der Waals surface area contributed by atoms with Gasteiger partial charge in [0.1, 0.15) is 11.6 Å². The van der Waals surface area contributed by atoms with Crippen LogP contribution in [-0.4, -0.2) is 33.8 Å². The minimum absolute atomic E-state index is 0.322. The zero-order valence-electron chi connectivity index (χ0n) is 13.8. The van der Waals surface area contributed by atoms with Gasteiger partial charge in [0.2, 0.25) is 0 Å². The third-order valence-electron chi connectivity index (χ3n) is 4.37. The van der Waals surface area contributed by atoms with E-state index in [1.165, 1.54) is 0 Å². The Bertz CT molecular complexity index is 813. The standard InChI is InChI=1S/C20H18N4O/c25-17-8-12-24(13-9-17)19-14-18(15-6-10-21-11-7-15)22-20(23-19)16-4-2-1-3-5-16/h1-7,10-11,14H,8-9,12-13H2. The van der Waals surface area contributed by atoms with Crippen molar-refractivity contribution < 1.29 is 4.79 Å². The maximum atomic E-state index is 11.6. The fourth-order valence-electron chi connectivity index (χ4n) is 2.97. The van der Waals surface area contributed by atoms with Gasteiger partial charge in [-0.3, -0.25) is 9.78 Å². The molecule has 2 aromatic heterocycles. The number of hydrogen-bond acceptors (Lipinski definition) is 5. The van der Waals surface area contributed by atoms with Crippen LogP contribution in [0.3, 0.4) is 0 Å². The lowest BCUT2D eigenvalue weighted by molar-refractivity contribution is -0.119. The molecule has 0 atom stereocenters. The number of carbonyl (C=O) groups excluding carboxylic acids is 1. The predicted molar refractivity (Wildman–Crippen MR) is 97.2 cm³/mol. The van der Waals surface area contributed by atoms with Crippen LogP contribution in [0.5, 0.6) is 0 Å². The first-order valence-corrected chi connectivity index (χ1v) is 8.41. The van der Waals surface area contributed by atoms with E-state index in [0.29, 0.717) is 37.5 Å². The molecule has 0 N–H and O–H groups in total. The fourth-order valence-corrected chi connectivity index (χ4v) is 2.97. The van der Waals surface area contributed by atoms with Gasteiger partial charge in [-0.15, -0.1) is 0 Å². The lowest BCUT2D eigenvalue weighted by Crippen LogP contribution is -2.34. The van der Waals surface area contributed by atoms with Gasteiger partial charge in [-0.1, -0.05) is 30.3 Å². The normalized spacial score (nSPS) is 14.6. The van der Waals surface area contributed by atoms with E-state index in [9.17, 15) is 4.79 Å². The zero-order valence-corrected chi connectivity index (χ0v) is 13.8. The van der Waals surface area contributed by atoms with Crippen molar-refractivity contribution in [2.45, 2.75) is 12.8 Å². The zero-order chi connectivity index (χ0) is 17.1. The molecule has 5 heteroatoms. The summed E-state index contributed by atoms with van der Waals surface area (Å²) in [6.07, 6.45) is 4.68. The first kappa shape index (κ1) is 15.4. The Morgan fingerprint density at radius 2 is 1.56 bits per heavy atom. The largest absolute Gasteiger partial charge is 0.356 e. The van der Waals surface area contributed by atoms with Crippen molar-refractivity contribution in [3.8, 4) is 22.6 Å². The molecule has 5 nitrogen and oxygen atoms in total. The van der Waals surface area contributed by atoms with Crippen LogP contribution in [0, 0.1) is 0 Å². The topological polar surface area (TPSA) is 59.0 Å². The number of nitrogens with zero attached hydrogens (tertiary/aromatic N) is 4. The monoisotopic (exact) mass is 330 g/mol. The van der Waals surface area contributed by atoms with Crippen LogP contribution in [0.2, 0.25) is 0 Å². The minimum atomic E-state index is 0.322. The van der Waals surface area contributed by atoms with Crippen molar-refractivity contribution in [3.63, 3.8) is 0 Å². The summed E-state index contributed by atoms with van der Waals surface area (Å²) in [7, 11) is 0. The Labute approximate surface area is 146 Å². The fraction of sp³-hybridized carbons (Fsp3) is 0.200. The van der Waals surface area contributed by atoms with E-state index in [2.05, 4.69) is 9.88 Å². The quantitative estimate of drug-likeness (QED) is 0.737. The van der Waals surface area contributed by atoms with Gasteiger partial charge in [0.15, 0.2) is 5.82 Å². The molecule has 0 amide bonds. The number of aromatic nitrogens is 3. The van der Waals surface area contributed by atoms with E-state index in [1.54, 1.807) is 12.4 Å². The Morgan fingerprint density at radius 1 is 0.840 bits per heavy atom. The van der Waals surface area contributed by atoms with E-state index in [1.807, 2.05) is 48.5 Å². The molecule has 1 aliphatic heterocycles. The maximum Gasteiger partial charge on any atom is 0.162 e. The number of anilines is 1. The molecule has 4 rings (SSSR count). The van der Waals surface area contributed by atoms with Crippen LogP contribution in [0.25, 0.3) is 22.6 Å². The van der Waals surface area contributed by atoms with Gasteiger partial charge in [-0.05, 0) is 12.1 Å². The molecule has 0 aliphatic carbocycles. The summed E-state index contributed by atoms with van der Waals surface area (Å²) in [5.41, 5.74) is 2.85. The number of pyridine rings is 1. The Kier molecular flexibility index (Phi) is 4.21. The molecule has 1 fully saturated rings. The second-order valence-electron chi connectivity index (χ2n) is 6.06. The lowest BCUT2D eigenvalue weighted by atomic mass is 10.1. The first-order chi connectivity index (χ1) is 12.3. The minimum Gasteiger partial charge on any atom is -0.356 e. The van der Waals surface area contributed by atoms with E-state index in [4.69, 9.17) is 9.97 Å². The molecule has 3 heterocycles. The van der Waals surface area contributed by atoms with Gasteiger partial charge in [-0.2, -0.15) is 0 Å². The molecular weight excluding hydrogens is 312 g/mol.